The van der Waals surface area contributed by atoms with Gasteiger partial charge in [-0.3, -0.25) is 0 Å². The van der Waals surface area contributed by atoms with Gasteiger partial charge in [0.15, 0.2) is 0 Å². The van der Waals surface area contributed by atoms with Gasteiger partial charge in [0.05, 0.1) is 5.41 Å². The standard InChI is InChI=1S/C49H43NS/c1-3-12-31(13-4-1)33-22-25-36-37-26-23-34(32-14-5-2-6-15-32)29-44(37)49(43(36)28-33)41-18-9-7-17-40(41)48-42(49)19-11-20-45(48)50-35-24-27-39-38-16-8-10-21-46(38)51-47(39)30-35/h7-11,16-32,50H,1-6,12-15H2. The van der Waals surface area contributed by atoms with Crippen molar-refractivity contribution in [2.45, 2.75) is 81.5 Å². The summed E-state index contributed by atoms with van der Waals surface area (Å²) in [6.45, 7) is 0. The van der Waals surface area contributed by atoms with E-state index in [1.165, 1.54) is 135 Å². The van der Waals surface area contributed by atoms with Crippen molar-refractivity contribution < 1.29 is 0 Å². The molecule has 4 aliphatic carbocycles. The second-order valence-electron chi connectivity index (χ2n) is 15.7. The maximum absolute atomic E-state index is 3.97. The molecule has 0 radical (unpaired) electrons. The third-order valence-corrected chi connectivity index (χ3v) is 14.2. The van der Waals surface area contributed by atoms with Gasteiger partial charge in [0, 0.05) is 37.1 Å². The first kappa shape index (κ1) is 30.0. The van der Waals surface area contributed by atoms with Crippen molar-refractivity contribution >= 4 is 42.9 Å². The third-order valence-electron chi connectivity index (χ3n) is 13.1. The lowest BCUT2D eigenvalue weighted by Gasteiger charge is -2.32. The van der Waals surface area contributed by atoms with Crippen LogP contribution in [-0.4, -0.2) is 0 Å². The topological polar surface area (TPSA) is 12.0 Å². The number of benzene rings is 6. The Kier molecular flexibility index (Phi) is 6.88. The van der Waals surface area contributed by atoms with Gasteiger partial charge in [0.2, 0.25) is 0 Å². The van der Waals surface area contributed by atoms with Gasteiger partial charge in [-0.25, -0.2) is 0 Å². The Morgan fingerprint density at radius 2 is 1.10 bits per heavy atom. The summed E-state index contributed by atoms with van der Waals surface area (Å²) in [7, 11) is 0. The molecule has 0 amide bonds. The Morgan fingerprint density at radius 1 is 0.471 bits per heavy atom. The number of fused-ring (bicyclic) bond motifs is 13. The van der Waals surface area contributed by atoms with Crippen molar-refractivity contribution in [3.05, 3.63) is 155 Å². The molecule has 4 aliphatic rings. The van der Waals surface area contributed by atoms with Gasteiger partial charge in [-0.1, -0.05) is 136 Å². The Labute approximate surface area is 305 Å². The molecule has 1 nitrogen and oxygen atoms in total. The van der Waals surface area contributed by atoms with Crippen molar-refractivity contribution in [2.75, 3.05) is 5.32 Å². The summed E-state index contributed by atoms with van der Waals surface area (Å²) in [5.74, 6) is 1.33. The molecular formula is C49H43NS. The average Bonchev–Trinajstić information content (AvgIpc) is 3.82. The maximum atomic E-state index is 3.97. The minimum atomic E-state index is -0.334. The molecular weight excluding hydrogens is 635 g/mol. The van der Waals surface area contributed by atoms with Crippen molar-refractivity contribution in [2.24, 2.45) is 0 Å². The average molecular weight is 678 g/mol. The number of rotatable bonds is 4. The zero-order chi connectivity index (χ0) is 33.5. The van der Waals surface area contributed by atoms with Crippen LogP contribution in [0.3, 0.4) is 0 Å². The summed E-state index contributed by atoms with van der Waals surface area (Å²) < 4.78 is 2.68. The van der Waals surface area contributed by atoms with E-state index in [9.17, 15) is 0 Å². The van der Waals surface area contributed by atoms with Gasteiger partial charge in [-0.15, -0.1) is 11.3 Å². The molecule has 0 saturated heterocycles. The predicted octanol–water partition coefficient (Wildman–Crippen LogP) is 14.2. The Bertz CT molecular complexity index is 2420. The SMILES string of the molecule is c1ccc2c(c1)-c1c(Nc3ccc4c(c3)sc3ccccc34)cccc1C21c2cc(C3CCCCC3)ccc2-c2ccc(C3CCCCC3)cc21. The van der Waals surface area contributed by atoms with E-state index >= 15 is 0 Å². The van der Waals surface area contributed by atoms with Crippen molar-refractivity contribution in [3.63, 3.8) is 0 Å². The van der Waals surface area contributed by atoms with Gasteiger partial charge in [-0.2, -0.15) is 0 Å². The first-order chi connectivity index (χ1) is 25.3. The van der Waals surface area contributed by atoms with Crippen LogP contribution in [0, 0.1) is 0 Å². The lowest BCUT2D eigenvalue weighted by Crippen LogP contribution is -2.26. The van der Waals surface area contributed by atoms with Crippen LogP contribution in [-0.2, 0) is 5.41 Å². The van der Waals surface area contributed by atoms with E-state index in [0.717, 1.165) is 5.69 Å². The second-order valence-corrected chi connectivity index (χ2v) is 16.8. The van der Waals surface area contributed by atoms with Gasteiger partial charge >= 0.3 is 0 Å². The van der Waals surface area contributed by atoms with Crippen molar-refractivity contribution in [1.29, 1.82) is 0 Å². The highest BCUT2D eigenvalue weighted by Gasteiger charge is 2.52. The Hall–Kier alpha value is -4.66. The van der Waals surface area contributed by atoms with E-state index in [-0.39, 0.29) is 5.41 Å². The Balaban J connectivity index is 1.13. The quantitative estimate of drug-likeness (QED) is 0.195. The molecule has 1 aromatic heterocycles. The number of hydrogen-bond donors (Lipinski definition) is 1. The van der Waals surface area contributed by atoms with Crippen LogP contribution in [0.4, 0.5) is 11.4 Å². The highest BCUT2D eigenvalue weighted by Crippen LogP contribution is 2.64. The number of nitrogens with one attached hydrogen (secondary N) is 1. The van der Waals surface area contributed by atoms with Crippen LogP contribution in [0.1, 0.15) is 109 Å². The smallest absolute Gasteiger partial charge is 0.0726 e. The fraction of sp³-hybridized carbons (Fsp3) is 0.265. The lowest BCUT2D eigenvalue weighted by atomic mass is 9.69. The zero-order valence-electron chi connectivity index (χ0n) is 29.2. The monoisotopic (exact) mass is 677 g/mol. The first-order valence-electron chi connectivity index (χ1n) is 19.5. The molecule has 0 aliphatic heterocycles. The summed E-state index contributed by atoms with van der Waals surface area (Å²) in [5.41, 5.74) is 16.5. The van der Waals surface area contributed by atoms with Gasteiger partial charge in [-0.05, 0) is 112 Å². The van der Waals surface area contributed by atoms with Crippen LogP contribution in [0.15, 0.2) is 121 Å². The predicted molar refractivity (Wildman–Crippen MR) is 217 cm³/mol. The largest absolute Gasteiger partial charge is 0.355 e. The summed E-state index contributed by atoms with van der Waals surface area (Å²) in [6, 6.07) is 47.4. The van der Waals surface area contributed by atoms with Crippen molar-refractivity contribution in [3.8, 4) is 22.3 Å². The molecule has 0 atom stereocenters. The molecule has 1 heterocycles. The maximum Gasteiger partial charge on any atom is 0.0726 e. The molecule has 1 N–H and O–H groups in total. The second kappa shape index (κ2) is 11.7. The molecule has 11 rings (SSSR count). The molecule has 7 aromatic rings. The zero-order valence-corrected chi connectivity index (χ0v) is 30.0. The van der Waals surface area contributed by atoms with E-state index in [2.05, 4.69) is 127 Å². The molecule has 2 heteroatoms. The summed E-state index contributed by atoms with van der Waals surface area (Å²) in [6.07, 6.45) is 13.4. The molecule has 250 valence electrons. The molecule has 6 aromatic carbocycles. The van der Waals surface area contributed by atoms with Gasteiger partial charge < -0.3 is 5.32 Å². The van der Waals surface area contributed by atoms with Crippen LogP contribution in [0.2, 0.25) is 0 Å². The van der Waals surface area contributed by atoms with Crippen LogP contribution < -0.4 is 5.32 Å². The number of thiophene rings is 1. The van der Waals surface area contributed by atoms with E-state index in [4.69, 9.17) is 0 Å². The molecule has 2 fully saturated rings. The van der Waals surface area contributed by atoms with Gasteiger partial charge in [0.1, 0.15) is 0 Å². The summed E-state index contributed by atoms with van der Waals surface area (Å²) >= 11 is 1.89. The van der Waals surface area contributed by atoms with Crippen LogP contribution in [0.25, 0.3) is 42.4 Å². The summed E-state index contributed by atoms with van der Waals surface area (Å²) in [5, 5.41) is 6.65. The molecule has 1 spiro atoms. The minimum absolute atomic E-state index is 0.334. The molecule has 2 saturated carbocycles. The normalized spacial score (nSPS) is 17.8. The minimum Gasteiger partial charge on any atom is -0.355 e. The van der Waals surface area contributed by atoms with E-state index in [1.807, 2.05) is 11.3 Å². The third kappa shape index (κ3) is 4.45. The van der Waals surface area contributed by atoms with Gasteiger partial charge in [0.25, 0.3) is 0 Å². The van der Waals surface area contributed by atoms with E-state index in [1.54, 1.807) is 11.1 Å². The fourth-order valence-electron chi connectivity index (χ4n) is 10.7. The van der Waals surface area contributed by atoms with Crippen LogP contribution in [0.5, 0.6) is 0 Å². The highest BCUT2D eigenvalue weighted by atomic mass is 32.1. The van der Waals surface area contributed by atoms with Crippen LogP contribution >= 0.6 is 11.3 Å². The molecule has 51 heavy (non-hydrogen) atoms. The summed E-state index contributed by atoms with van der Waals surface area (Å²) in [4.78, 5) is 0. The van der Waals surface area contributed by atoms with Crippen molar-refractivity contribution in [1.82, 2.24) is 0 Å². The van der Waals surface area contributed by atoms with E-state index in [0.29, 0.717) is 11.8 Å². The fourth-order valence-corrected chi connectivity index (χ4v) is 11.9. The highest BCUT2D eigenvalue weighted by molar-refractivity contribution is 7.25. The first-order valence-corrected chi connectivity index (χ1v) is 20.3. The lowest BCUT2D eigenvalue weighted by molar-refractivity contribution is 0.443. The molecule has 0 bridgehead atoms. The number of hydrogen-bond acceptors (Lipinski definition) is 2. The Morgan fingerprint density at radius 3 is 1.82 bits per heavy atom. The molecule has 0 unspecified atom stereocenters. The van der Waals surface area contributed by atoms with E-state index < -0.39 is 0 Å². The number of anilines is 2.